The SMILES string of the molecule is O=C1COC2(COCCN(Cc3ccncc3)C2)CN1c1cccc(F)c1. The van der Waals surface area contributed by atoms with Crippen molar-refractivity contribution in [3.8, 4) is 0 Å². The number of aromatic nitrogens is 1. The van der Waals surface area contributed by atoms with Crippen molar-refractivity contribution in [2.24, 2.45) is 0 Å². The van der Waals surface area contributed by atoms with Crippen molar-refractivity contribution in [2.45, 2.75) is 12.1 Å². The van der Waals surface area contributed by atoms with E-state index in [2.05, 4.69) is 9.88 Å². The molecule has 6 nitrogen and oxygen atoms in total. The van der Waals surface area contributed by atoms with E-state index in [0.717, 1.165) is 18.7 Å². The molecule has 2 aliphatic heterocycles. The Morgan fingerprint density at radius 2 is 2.04 bits per heavy atom. The normalized spacial score (nSPS) is 24.2. The number of ether oxygens (including phenoxy) is 2. The molecule has 0 aliphatic carbocycles. The monoisotopic (exact) mass is 371 g/mol. The van der Waals surface area contributed by atoms with Gasteiger partial charge in [-0.3, -0.25) is 14.7 Å². The molecule has 0 radical (unpaired) electrons. The predicted octanol–water partition coefficient (Wildman–Crippen LogP) is 1.86. The van der Waals surface area contributed by atoms with Crippen molar-refractivity contribution < 1.29 is 18.7 Å². The highest BCUT2D eigenvalue weighted by atomic mass is 19.1. The van der Waals surface area contributed by atoms with Gasteiger partial charge in [-0.15, -0.1) is 0 Å². The van der Waals surface area contributed by atoms with E-state index < -0.39 is 5.60 Å². The van der Waals surface area contributed by atoms with Crippen LogP contribution in [0.2, 0.25) is 0 Å². The van der Waals surface area contributed by atoms with Gasteiger partial charge in [0.05, 0.1) is 19.8 Å². The second-order valence-corrected chi connectivity index (χ2v) is 7.05. The first kappa shape index (κ1) is 18.0. The number of anilines is 1. The first-order valence-corrected chi connectivity index (χ1v) is 9.02. The molecule has 27 heavy (non-hydrogen) atoms. The fourth-order valence-corrected chi connectivity index (χ4v) is 3.64. The average Bonchev–Trinajstić information content (AvgIpc) is 2.87. The van der Waals surface area contributed by atoms with E-state index in [1.807, 2.05) is 12.1 Å². The van der Waals surface area contributed by atoms with E-state index in [4.69, 9.17) is 9.47 Å². The highest BCUT2D eigenvalue weighted by Gasteiger charge is 2.43. The summed E-state index contributed by atoms with van der Waals surface area (Å²) in [6.07, 6.45) is 3.56. The molecule has 2 saturated heterocycles. The Bertz CT molecular complexity index is 804. The number of rotatable bonds is 3. The maximum absolute atomic E-state index is 13.6. The number of halogens is 1. The van der Waals surface area contributed by atoms with Crippen LogP contribution in [0.3, 0.4) is 0 Å². The molecule has 1 spiro atoms. The van der Waals surface area contributed by atoms with E-state index in [0.29, 0.717) is 32.0 Å². The number of carbonyl (C=O) groups is 1. The van der Waals surface area contributed by atoms with Gasteiger partial charge in [-0.05, 0) is 35.9 Å². The molecule has 2 aliphatic rings. The van der Waals surface area contributed by atoms with E-state index in [9.17, 15) is 9.18 Å². The summed E-state index contributed by atoms with van der Waals surface area (Å²) in [5, 5.41) is 0. The molecule has 7 heteroatoms. The molecule has 0 bridgehead atoms. The summed E-state index contributed by atoms with van der Waals surface area (Å²) in [7, 11) is 0. The third-order valence-corrected chi connectivity index (χ3v) is 4.95. The molecule has 142 valence electrons. The van der Waals surface area contributed by atoms with E-state index >= 15 is 0 Å². The second kappa shape index (κ2) is 7.72. The van der Waals surface area contributed by atoms with Crippen molar-refractivity contribution >= 4 is 11.6 Å². The first-order chi connectivity index (χ1) is 13.1. The molecule has 1 aromatic heterocycles. The summed E-state index contributed by atoms with van der Waals surface area (Å²) in [5.74, 6) is -0.534. The Labute approximate surface area is 157 Å². The number of hydrogen-bond acceptors (Lipinski definition) is 5. The Morgan fingerprint density at radius 3 is 2.85 bits per heavy atom. The highest BCUT2D eigenvalue weighted by Crippen LogP contribution is 2.28. The van der Waals surface area contributed by atoms with Crippen molar-refractivity contribution in [3.63, 3.8) is 0 Å². The van der Waals surface area contributed by atoms with Crippen molar-refractivity contribution in [1.82, 2.24) is 9.88 Å². The standard InChI is InChI=1S/C20H22FN3O3/c21-17-2-1-3-18(10-17)24-14-20(27-12-19(24)25)13-23(8-9-26-15-20)11-16-4-6-22-7-5-16/h1-7,10H,8-9,11-15H2. The number of carbonyl (C=O) groups excluding carboxylic acids is 1. The van der Waals surface area contributed by atoms with Crippen LogP contribution >= 0.6 is 0 Å². The highest BCUT2D eigenvalue weighted by molar-refractivity contribution is 5.95. The molecule has 2 aromatic rings. The van der Waals surface area contributed by atoms with Crippen molar-refractivity contribution in [3.05, 3.63) is 60.2 Å². The zero-order valence-corrected chi connectivity index (χ0v) is 15.0. The van der Waals surface area contributed by atoms with Crippen LogP contribution in [-0.4, -0.2) is 60.8 Å². The van der Waals surface area contributed by atoms with Gasteiger partial charge < -0.3 is 14.4 Å². The van der Waals surface area contributed by atoms with Crippen LogP contribution in [0, 0.1) is 5.82 Å². The van der Waals surface area contributed by atoms with Gasteiger partial charge in [0.1, 0.15) is 18.0 Å². The summed E-state index contributed by atoms with van der Waals surface area (Å²) >= 11 is 0. The molecule has 1 amide bonds. The van der Waals surface area contributed by atoms with Crippen molar-refractivity contribution in [1.29, 1.82) is 0 Å². The summed E-state index contributed by atoms with van der Waals surface area (Å²) in [6.45, 7) is 3.47. The molecular formula is C20H22FN3O3. The lowest BCUT2D eigenvalue weighted by Gasteiger charge is -2.43. The van der Waals surface area contributed by atoms with E-state index in [-0.39, 0.29) is 18.3 Å². The predicted molar refractivity (Wildman–Crippen MR) is 97.8 cm³/mol. The number of pyridine rings is 1. The number of nitrogens with zero attached hydrogens (tertiary/aromatic N) is 3. The van der Waals surface area contributed by atoms with Gasteiger partial charge in [-0.1, -0.05) is 6.07 Å². The van der Waals surface area contributed by atoms with Crippen molar-refractivity contribution in [2.75, 3.05) is 44.4 Å². The minimum absolute atomic E-state index is 0.0387. The summed E-state index contributed by atoms with van der Waals surface area (Å²) in [5.41, 5.74) is 1.08. The third-order valence-electron chi connectivity index (χ3n) is 4.95. The molecule has 3 heterocycles. The second-order valence-electron chi connectivity index (χ2n) is 7.05. The Morgan fingerprint density at radius 1 is 1.19 bits per heavy atom. The van der Waals surface area contributed by atoms with Gasteiger partial charge in [0.25, 0.3) is 5.91 Å². The zero-order chi connectivity index (χ0) is 18.7. The van der Waals surface area contributed by atoms with Gasteiger partial charge in [0, 0.05) is 37.7 Å². The Hall–Kier alpha value is -2.35. The summed E-state index contributed by atoms with van der Waals surface area (Å²) < 4.78 is 25.4. The number of hydrogen-bond donors (Lipinski definition) is 0. The lowest BCUT2D eigenvalue weighted by molar-refractivity contribution is -0.146. The smallest absolute Gasteiger partial charge is 0.253 e. The summed E-state index contributed by atoms with van der Waals surface area (Å²) in [4.78, 5) is 20.3. The molecule has 1 aromatic carbocycles. The van der Waals surface area contributed by atoms with Crippen LogP contribution in [0.4, 0.5) is 10.1 Å². The maximum Gasteiger partial charge on any atom is 0.253 e. The van der Waals surface area contributed by atoms with Gasteiger partial charge in [-0.2, -0.15) is 0 Å². The van der Waals surface area contributed by atoms with Gasteiger partial charge in [-0.25, -0.2) is 4.39 Å². The van der Waals surface area contributed by atoms with Crippen LogP contribution in [0.5, 0.6) is 0 Å². The Balaban J connectivity index is 1.54. The quantitative estimate of drug-likeness (QED) is 0.824. The number of benzene rings is 1. The van der Waals surface area contributed by atoms with Gasteiger partial charge in [0.2, 0.25) is 0 Å². The van der Waals surface area contributed by atoms with Crippen LogP contribution in [0.1, 0.15) is 5.56 Å². The minimum atomic E-state index is -0.635. The largest absolute Gasteiger partial charge is 0.377 e. The van der Waals surface area contributed by atoms with Crippen LogP contribution in [-0.2, 0) is 20.8 Å². The molecular weight excluding hydrogens is 349 g/mol. The van der Waals surface area contributed by atoms with E-state index in [1.54, 1.807) is 29.4 Å². The number of morpholine rings is 1. The zero-order valence-electron chi connectivity index (χ0n) is 15.0. The van der Waals surface area contributed by atoms with Gasteiger partial charge in [0.15, 0.2) is 0 Å². The van der Waals surface area contributed by atoms with Crippen LogP contribution in [0.15, 0.2) is 48.8 Å². The molecule has 1 atom stereocenters. The lowest BCUT2D eigenvalue weighted by atomic mass is 10.0. The average molecular weight is 371 g/mol. The molecule has 0 N–H and O–H groups in total. The van der Waals surface area contributed by atoms with Gasteiger partial charge >= 0.3 is 0 Å². The fourth-order valence-electron chi connectivity index (χ4n) is 3.64. The van der Waals surface area contributed by atoms with E-state index in [1.165, 1.54) is 12.1 Å². The fraction of sp³-hybridized carbons (Fsp3) is 0.400. The summed E-state index contributed by atoms with van der Waals surface area (Å²) in [6, 6.07) is 10.1. The molecule has 2 fully saturated rings. The maximum atomic E-state index is 13.6. The molecule has 1 unspecified atom stereocenters. The molecule has 0 saturated carbocycles. The number of amides is 1. The third kappa shape index (κ3) is 4.16. The topological polar surface area (TPSA) is 54.9 Å². The first-order valence-electron chi connectivity index (χ1n) is 9.02. The van der Waals surface area contributed by atoms with Crippen LogP contribution < -0.4 is 4.90 Å². The Kier molecular flexibility index (Phi) is 5.15. The lowest BCUT2D eigenvalue weighted by Crippen LogP contribution is -2.60. The minimum Gasteiger partial charge on any atom is -0.377 e. The molecule has 4 rings (SSSR count). The van der Waals surface area contributed by atoms with Crippen LogP contribution in [0.25, 0.3) is 0 Å².